The third-order valence-corrected chi connectivity index (χ3v) is 3.88. The molecule has 118 valence electrons. The van der Waals surface area contributed by atoms with E-state index < -0.39 is 17.1 Å². The number of carbonyl (C=O) groups excluding carboxylic acids is 1. The van der Waals surface area contributed by atoms with Crippen molar-refractivity contribution in [2.24, 2.45) is 5.92 Å². The third kappa shape index (κ3) is 4.31. The highest BCUT2D eigenvalue weighted by Crippen LogP contribution is 2.34. The minimum atomic E-state index is -1.20. The van der Waals surface area contributed by atoms with E-state index in [1.165, 1.54) is 5.56 Å². The highest BCUT2D eigenvalue weighted by molar-refractivity contribution is 5.74. The molecule has 0 radical (unpaired) electrons. The van der Waals surface area contributed by atoms with Crippen LogP contribution >= 0.6 is 0 Å². The molecule has 0 aromatic heterocycles. The predicted octanol–water partition coefficient (Wildman–Crippen LogP) is 3.82. The summed E-state index contributed by atoms with van der Waals surface area (Å²) < 4.78 is 5.41. The number of aliphatic hydroxyl groups is 1. The van der Waals surface area contributed by atoms with Gasteiger partial charge in [0.05, 0.1) is 5.92 Å². The van der Waals surface area contributed by atoms with E-state index >= 15 is 0 Å². The minimum absolute atomic E-state index is 0.369. The van der Waals surface area contributed by atoms with E-state index in [2.05, 4.69) is 6.92 Å². The molecule has 2 unspecified atom stereocenters. The predicted molar refractivity (Wildman–Crippen MR) is 85.0 cm³/mol. The summed E-state index contributed by atoms with van der Waals surface area (Å²) in [6.07, 6.45) is 1.41. The fourth-order valence-corrected chi connectivity index (χ4v) is 2.37. The van der Waals surface area contributed by atoms with Crippen LogP contribution in [0.25, 0.3) is 0 Å². The van der Waals surface area contributed by atoms with Crippen LogP contribution in [0.1, 0.15) is 59.1 Å². The molecule has 0 aliphatic heterocycles. The van der Waals surface area contributed by atoms with E-state index in [1.54, 1.807) is 6.92 Å². The average molecular weight is 292 g/mol. The van der Waals surface area contributed by atoms with Gasteiger partial charge in [0.2, 0.25) is 0 Å². The molecule has 0 spiro atoms. The second-order valence-corrected chi connectivity index (χ2v) is 6.58. The van der Waals surface area contributed by atoms with Gasteiger partial charge in [0.1, 0.15) is 11.2 Å². The van der Waals surface area contributed by atoms with Gasteiger partial charge < -0.3 is 9.84 Å². The molecule has 1 N–H and O–H groups in total. The largest absolute Gasteiger partial charge is 0.460 e. The molecule has 3 heteroatoms. The molecule has 0 saturated heterocycles. The number of hydrogen-bond donors (Lipinski definition) is 1. The molecular weight excluding hydrogens is 264 g/mol. The van der Waals surface area contributed by atoms with Gasteiger partial charge in [-0.3, -0.25) is 4.79 Å². The summed E-state index contributed by atoms with van der Waals surface area (Å²) in [6.45, 7) is 11.2. The van der Waals surface area contributed by atoms with Crippen LogP contribution in [0.4, 0.5) is 0 Å². The molecule has 0 amide bonds. The molecule has 1 aromatic rings. The summed E-state index contributed by atoms with van der Waals surface area (Å²) >= 11 is 0. The van der Waals surface area contributed by atoms with Crippen LogP contribution in [0, 0.1) is 5.92 Å². The van der Waals surface area contributed by atoms with Crippen molar-refractivity contribution in [3.05, 3.63) is 35.4 Å². The Kier molecular flexibility index (Phi) is 5.57. The second-order valence-electron chi connectivity index (χ2n) is 6.58. The van der Waals surface area contributed by atoms with E-state index in [4.69, 9.17) is 4.74 Å². The van der Waals surface area contributed by atoms with Gasteiger partial charge in [0.25, 0.3) is 0 Å². The Bertz CT molecular complexity index is 470. The Balaban J connectivity index is 3.04. The number of carbonyl (C=O) groups is 1. The Morgan fingerprint density at radius 1 is 1.19 bits per heavy atom. The van der Waals surface area contributed by atoms with Crippen LogP contribution in [0.5, 0.6) is 0 Å². The highest BCUT2D eigenvalue weighted by Gasteiger charge is 2.40. The average Bonchev–Trinajstić information content (AvgIpc) is 2.44. The molecule has 2 atom stereocenters. The van der Waals surface area contributed by atoms with Crippen molar-refractivity contribution in [2.75, 3.05) is 0 Å². The van der Waals surface area contributed by atoms with Gasteiger partial charge in [-0.25, -0.2) is 0 Å². The second kappa shape index (κ2) is 6.61. The third-order valence-electron chi connectivity index (χ3n) is 3.88. The van der Waals surface area contributed by atoms with E-state index in [9.17, 15) is 9.90 Å². The van der Waals surface area contributed by atoms with Crippen molar-refractivity contribution < 1.29 is 14.6 Å². The van der Waals surface area contributed by atoms with E-state index in [0.29, 0.717) is 6.42 Å². The summed E-state index contributed by atoms with van der Waals surface area (Å²) in [7, 11) is 0. The van der Waals surface area contributed by atoms with Crippen molar-refractivity contribution in [3.63, 3.8) is 0 Å². The highest BCUT2D eigenvalue weighted by atomic mass is 16.6. The Morgan fingerprint density at radius 2 is 1.71 bits per heavy atom. The van der Waals surface area contributed by atoms with Crippen LogP contribution in [0.3, 0.4) is 0 Å². The Morgan fingerprint density at radius 3 is 2.10 bits per heavy atom. The molecule has 0 bridgehead atoms. The quantitative estimate of drug-likeness (QED) is 0.839. The van der Waals surface area contributed by atoms with E-state index in [1.807, 2.05) is 52.0 Å². The first kappa shape index (κ1) is 17.7. The number of benzene rings is 1. The fourth-order valence-electron chi connectivity index (χ4n) is 2.37. The molecule has 0 saturated carbocycles. The van der Waals surface area contributed by atoms with Crippen LogP contribution in [0.15, 0.2) is 24.3 Å². The molecule has 1 rings (SSSR count). The molecular formula is C18H28O3. The van der Waals surface area contributed by atoms with Crippen molar-refractivity contribution in [1.29, 1.82) is 0 Å². The molecule has 1 aromatic carbocycles. The van der Waals surface area contributed by atoms with Crippen molar-refractivity contribution in [3.8, 4) is 0 Å². The van der Waals surface area contributed by atoms with Gasteiger partial charge in [0, 0.05) is 0 Å². The molecule has 3 nitrogen and oxygen atoms in total. The Hall–Kier alpha value is -1.35. The zero-order chi connectivity index (χ0) is 16.3. The van der Waals surface area contributed by atoms with Gasteiger partial charge >= 0.3 is 5.97 Å². The first-order valence-corrected chi connectivity index (χ1v) is 7.68. The van der Waals surface area contributed by atoms with Crippen LogP contribution in [-0.2, 0) is 21.6 Å². The number of hydrogen-bond acceptors (Lipinski definition) is 3. The number of ether oxygens (including phenoxy) is 1. The Labute approximate surface area is 128 Å². The lowest BCUT2D eigenvalue weighted by Crippen LogP contribution is -2.41. The monoisotopic (exact) mass is 292 g/mol. The first-order valence-electron chi connectivity index (χ1n) is 7.68. The van der Waals surface area contributed by atoms with Crippen LogP contribution in [-0.4, -0.2) is 16.7 Å². The standard InChI is InChI=1S/C18H28O3/c1-7-14-9-11-15(12-10-14)18(20,8-2)13(3)16(19)21-17(4,5)6/h9-13,20H,7-8H2,1-6H3. The summed E-state index contributed by atoms with van der Waals surface area (Å²) in [4.78, 5) is 12.3. The van der Waals surface area contributed by atoms with Gasteiger partial charge in [0.15, 0.2) is 0 Å². The topological polar surface area (TPSA) is 46.5 Å². The minimum Gasteiger partial charge on any atom is -0.460 e. The number of esters is 1. The van der Waals surface area contributed by atoms with Gasteiger partial charge in [-0.15, -0.1) is 0 Å². The fraction of sp³-hybridized carbons (Fsp3) is 0.611. The zero-order valence-electron chi connectivity index (χ0n) is 14.1. The summed E-state index contributed by atoms with van der Waals surface area (Å²) in [5, 5.41) is 11.0. The number of aryl methyl sites for hydroxylation is 1. The summed E-state index contributed by atoms with van der Waals surface area (Å²) in [6, 6.07) is 7.81. The molecule has 0 heterocycles. The lowest BCUT2D eigenvalue weighted by Gasteiger charge is -2.34. The van der Waals surface area contributed by atoms with Gasteiger partial charge in [-0.1, -0.05) is 38.1 Å². The lowest BCUT2D eigenvalue weighted by atomic mass is 9.80. The van der Waals surface area contributed by atoms with Crippen LogP contribution in [0.2, 0.25) is 0 Å². The number of rotatable bonds is 5. The van der Waals surface area contributed by atoms with Crippen molar-refractivity contribution in [2.45, 2.75) is 65.6 Å². The van der Waals surface area contributed by atoms with E-state index in [0.717, 1.165) is 12.0 Å². The van der Waals surface area contributed by atoms with Gasteiger partial charge in [-0.2, -0.15) is 0 Å². The van der Waals surface area contributed by atoms with Gasteiger partial charge in [-0.05, 0) is 51.7 Å². The van der Waals surface area contributed by atoms with Crippen molar-refractivity contribution >= 4 is 5.97 Å². The maximum absolute atomic E-state index is 12.3. The summed E-state index contributed by atoms with van der Waals surface area (Å²) in [5.74, 6) is -0.986. The SMILES string of the molecule is CCc1ccc(C(O)(CC)C(C)C(=O)OC(C)(C)C)cc1. The first-order chi connectivity index (χ1) is 9.64. The maximum Gasteiger partial charge on any atom is 0.312 e. The zero-order valence-corrected chi connectivity index (χ0v) is 14.1. The summed E-state index contributed by atoms with van der Waals surface area (Å²) in [5.41, 5.74) is 0.225. The molecule has 0 fully saturated rings. The molecule has 0 aliphatic rings. The molecule has 21 heavy (non-hydrogen) atoms. The maximum atomic E-state index is 12.3. The smallest absolute Gasteiger partial charge is 0.312 e. The molecule has 0 aliphatic carbocycles. The van der Waals surface area contributed by atoms with Crippen LogP contribution < -0.4 is 0 Å². The van der Waals surface area contributed by atoms with E-state index in [-0.39, 0.29) is 5.97 Å². The van der Waals surface area contributed by atoms with Crippen molar-refractivity contribution in [1.82, 2.24) is 0 Å². The normalized spacial score (nSPS) is 16.1. The lowest BCUT2D eigenvalue weighted by molar-refractivity contribution is -0.170.